The summed E-state index contributed by atoms with van der Waals surface area (Å²) in [5.41, 5.74) is 3.05. The van der Waals surface area contributed by atoms with Crippen LogP contribution in [0.4, 0.5) is 5.69 Å². The summed E-state index contributed by atoms with van der Waals surface area (Å²) in [5, 5.41) is 10.2. The van der Waals surface area contributed by atoms with Gasteiger partial charge in [0.1, 0.15) is 6.20 Å². The summed E-state index contributed by atoms with van der Waals surface area (Å²) in [4.78, 5) is 13.5. The molecule has 0 amide bonds. The van der Waals surface area contributed by atoms with Crippen LogP contribution in [0, 0.1) is 10.1 Å². The molecule has 3 N–H and O–H groups in total. The molecule has 0 aliphatic carbocycles. The van der Waals surface area contributed by atoms with Crippen LogP contribution in [0.1, 0.15) is 5.69 Å². The van der Waals surface area contributed by atoms with E-state index in [1.54, 1.807) is 6.07 Å². The van der Waals surface area contributed by atoms with Gasteiger partial charge in [0.25, 0.3) is 5.69 Å². The van der Waals surface area contributed by atoms with Crippen LogP contribution >= 0.6 is 0 Å². The van der Waals surface area contributed by atoms with Gasteiger partial charge in [-0.3, -0.25) is 26.4 Å². The van der Waals surface area contributed by atoms with Gasteiger partial charge in [0, 0.05) is 6.07 Å². The minimum atomic E-state index is -0.493. The van der Waals surface area contributed by atoms with Crippen molar-refractivity contribution in [2.45, 2.75) is 6.54 Å². The van der Waals surface area contributed by atoms with Gasteiger partial charge in [-0.1, -0.05) is 0 Å². The molecule has 0 radical (unpaired) electrons. The van der Waals surface area contributed by atoms with Crippen molar-refractivity contribution in [2.24, 2.45) is 5.84 Å². The molecule has 6 nitrogen and oxygen atoms in total. The number of pyridine rings is 1. The smallest absolute Gasteiger partial charge is 0.271 e. The Labute approximate surface area is 68.5 Å². The van der Waals surface area contributed by atoms with Crippen LogP contribution in [0.3, 0.4) is 0 Å². The van der Waals surface area contributed by atoms with Crippen molar-refractivity contribution >= 4 is 5.69 Å². The molecule has 64 valence electrons. The monoisotopic (exact) mass is 168 g/mol. The summed E-state index contributed by atoms with van der Waals surface area (Å²) < 4.78 is 0. The van der Waals surface area contributed by atoms with Gasteiger partial charge in [0.2, 0.25) is 0 Å². The maximum atomic E-state index is 10.2. The minimum absolute atomic E-state index is 0.0178. The van der Waals surface area contributed by atoms with Gasteiger partial charge >= 0.3 is 0 Å². The van der Waals surface area contributed by atoms with E-state index in [0.29, 0.717) is 12.2 Å². The highest BCUT2D eigenvalue weighted by Crippen LogP contribution is 2.07. The van der Waals surface area contributed by atoms with E-state index < -0.39 is 4.92 Å². The predicted octanol–water partition coefficient (Wildman–Crippen LogP) is -0.0469. The second kappa shape index (κ2) is 3.74. The second-order valence-electron chi connectivity index (χ2n) is 2.15. The van der Waals surface area contributed by atoms with Gasteiger partial charge in [-0.2, -0.15) is 0 Å². The van der Waals surface area contributed by atoms with E-state index in [-0.39, 0.29) is 5.69 Å². The molecular formula is C6H8N4O2. The number of nitrogens with zero attached hydrogens (tertiary/aromatic N) is 2. The maximum absolute atomic E-state index is 10.2. The van der Waals surface area contributed by atoms with Crippen molar-refractivity contribution in [3.63, 3.8) is 0 Å². The van der Waals surface area contributed by atoms with E-state index >= 15 is 0 Å². The third-order valence-corrected chi connectivity index (χ3v) is 1.30. The van der Waals surface area contributed by atoms with E-state index in [0.717, 1.165) is 0 Å². The summed E-state index contributed by atoms with van der Waals surface area (Å²) in [5.74, 6) is 5.03. The van der Waals surface area contributed by atoms with Crippen LogP contribution < -0.4 is 11.3 Å². The lowest BCUT2D eigenvalue weighted by Crippen LogP contribution is -2.21. The molecule has 0 saturated carbocycles. The number of nitro groups is 1. The van der Waals surface area contributed by atoms with E-state index in [9.17, 15) is 10.1 Å². The maximum Gasteiger partial charge on any atom is 0.287 e. The molecular weight excluding hydrogens is 160 g/mol. The largest absolute Gasteiger partial charge is 0.287 e. The zero-order chi connectivity index (χ0) is 8.97. The van der Waals surface area contributed by atoms with Crippen molar-refractivity contribution in [1.82, 2.24) is 10.4 Å². The van der Waals surface area contributed by atoms with Crippen molar-refractivity contribution in [3.8, 4) is 0 Å². The normalized spacial score (nSPS) is 9.75. The van der Waals surface area contributed by atoms with Crippen LogP contribution in [-0.4, -0.2) is 9.91 Å². The summed E-state index contributed by atoms with van der Waals surface area (Å²) in [7, 11) is 0. The molecule has 0 aliphatic heterocycles. The lowest BCUT2D eigenvalue weighted by Gasteiger charge is -1.96. The summed E-state index contributed by atoms with van der Waals surface area (Å²) in [6.45, 7) is 0.401. The summed E-state index contributed by atoms with van der Waals surface area (Å²) in [6.07, 6.45) is 1.20. The molecule has 6 heteroatoms. The second-order valence-corrected chi connectivity index (χ2v) is 2.15. The molecule has 0 unspecified atom stereocenters. The third kappa shape index (κ3) is 1.97. The van der Waals surface area contributed by atoms with Crippen LogP contribution in [0.25, 0.3) is 0 Å². The fourth-order valence-corrected chi connectivity index (χ4v) is 0.734. The molecule has 0 saturated heterocycles. The van der Waals surface area contributed by atoms with Crippen LogP contribution in [0.2, 0.25) is 0 Å². The number of hydrogen-bond donors (Lipinski definition) is 2. The van der Waals surface area contributed by atoms with Gasteiger partial charge in [-0.25, -0.2) is 0 Å². The minimum Gasteiger partial charge on any atom is -0.271 e. The Morgan fingerprint density at radius 1 is 1.67 bits per heavy atom. The molecule has 0 spiro atoms. The van der Waals surface area contributed by atoms with Crippen LogP contribution in [0.5, 0.6) is 0 Å². The Morgan fingerprint density at radius 3 is 2.83 bits per heavy atom. The molecule has 0 fully saturated rings. The molecule has 1 rings (SSSR count). The molecule has 0 aliphatic rings. The van der Waals surface area contributed by atoms with Gasteiger partial charge in [-0.15, -0.1) is 0 Å². The zero-order valence-electron chi connectivity index (χ0n) is 6.23. The Kier molecular flexibility index (Phi) is 2.67. The number of nitrogens with one attached hydrogen (secondary N) is 1. The molecule has 0 atom stereocenters. The first-order valence-electron chi connectivity index (χ1n) is 3.27. The third-order valence-electron chi connectivity index (χ3n) is 1.30. The van der Waals surface area contributed by atoms with Crippen molar-refractivity contribution in [1.29, 1.82) is 0 Å². The van der Waals surface area contributed by atoms with Gasteiger partial charge in [0.15, 0.2) is 0 Å². The fraction of sp³-hybridized carbons (Fsp3) is 0.167. The summed E-state index contributed by atoms with van der Waals surface area (Å²) >= 11 is 0. The summed E-state index contributed by atoms with van der Waals surface area (Å²) in [6, 6.07) is 2.94. The Hall–Kier alpha value is -1.53. The molecule has 1 aromatic heterocycles. The van der Waals surface area contributed by atoms with Crippen molar-refractivity contribution in [2.75, 3.05) is 0 Å². The number of nitrogens with two attached hydrogens (primary N) is 1. The van der Waals surface area contributed by atoms with Crippen molar-refractivity contribution in [3.05, 3.63) is 34.1 Å². The van der Waals surface area contributed by atoms with Gasteiger partial charge < -0.3 is 0 Å². The highest BCUT2D eigenvalue weighted by molar-refractivity contribution is 5.26. The number of hydrogen-bond acceptors (Lipinski definition) is 5. The van der Waals surface area contributed by atoms with E-state index in [1.807, 2.05) is 0 Å². The van der Waals surface area contributed by atoms with Gasteiger partial charge in [-0.05, 0) is 6.07 Å². The van der Waals surface area contributed by atoms with E-state index in [4.69, 9.17) is 5.84 Å². The quantitative estimate of drug-likeness (QED) is 0.375. The zero-order valence-corrected chi connectivity index (χ0v) is 6.23. The average molecular weight is 168 g/mol. The molecule has 0 bridgehead atoms. The van der Waals surface area contributed by atoms with Crippen LogP contribution in [-0.2, 0) is 6.54 Å². The van der Waals surface area contributed by atoms with Gasteiger partial charge in [0.05, 0.1) is 17.2 Å². The average Bonchev–Trinajstić information content (AvgIpc) is 2.06. The SMILES string of the molecule is NNCc1ccc([N+](=O)[O-])cn1. The van der Waals surface area contributed by atoms with E-state index in [1.165, 1.54) is 12.3 Å². The lowest BCUT2D eigenvalue weighted by molar-refractivity contribution is -0.385. The predicted molar refractivity (Wildman–Crippen MR) is 41.9 cm³/mol. The fourth-order valence-electron chi connectivity index (χ4n) is 0.734. The first-order chi connectivity index (χ1) is 5.74. The Bertz CT molecular complexity index is 271. The highest BCUT2D eigenvalue weighted by atomic mass is 16.6. The molecule has 0 aromatic carbocycles. The first-order valence-corrected chi connectivity index (χ1v) is 3.27. The lowest BCUT2D eigenvalue weighted by atomic mass is 10.3. The van der Waals surface area contributed by atoms with E-state index in [2.05, 4.69) is 10.4 Å². The first kappa shape index (κ1) is 8.57. The molecule has 12 heavy (non-hydrogen) atoms. The molecule has 1 heterocycles. The Morgan fingerprint density at radius 2 is 2.42 bits per heavy atom. The molecule has 1 aromatic rings. The topological polar surface area (TPSA) is 94.1 Å². The Balaban J connectivity index is 2.78. The number of aromatic nitrogens is 1. The van der Waals surface area contributed by atoms with Crippen molar-refractivity contribution < 1.29 is 4.92 Å². The highest BCUT2D eigenvalue weighted by Gasteiger charge is 2.03. The number of hydrazine groups is 1. The number of rotatable bonds is 3. The standard InChI is InChI=1S/C6H8N4O2/c7-9-3-5-1-2-6(4-8-5)10(11)12/h1-2,4,9H,3,7H2. The van der Waals surface area contributed by atoms with Crippen LogP contribution in [0.15, 0.2) is 18.3 Å².